The summed E-state index contributed by atoms with van der Waals surface area (Å²) in [5, 5.41) is 8.88. The van der Waals surface area contributed by atoms with Crippen molar-refractivity contribution in [3.63, 3.8) is 0 Å². The predicted molar refractivity (Wildman–Crippen MR) is 108 cm³/mol. The number of nitrogens with two attached hydrogens (primary N) is 1. The van der Waals surface area contributed by atoms with Gasteiger partial charge in [-0.05, 0) is 37.1 Å². The van der Waals surface area contributed by atoms with Gasteiger partial charge in [0.25, 0.3) is 5.91 Å². The molecule has 3 heterocycles. The first-order valence-electron chi connectivity index (χ1n) is 9.47. The molecule has 0 unspecified atom stereocenters. The maximum atomic E-state index is 12.0. The summed E-state index contributed by atoms with van der Waals surface area (Å²) in [6.45, 7) is 4.79. The molecule has 0 spiro atoms. The fraction of sp³-hybridized carbons (Fsp3) is 0.238. The van der Waals surface area contributed by atoms with Crippen LogP contribution in [0.4, 0.5) is 0 Å². The van der Waals surface area contributed by atoms with E-state index in [1.807, 2.05) is 36.5 Å². The quantitative estimate of drug-likeness (QED) is 0.675. The predicted octanol–water partition coefficient (Wildman–Crippen LogP) is 2.18. The zero-order chi connectivity index (χ0) is 20.4. The van der Waals surface area contributed by atoms with Gasteiger partial charge in [-0.3, -0.25) is 14.3 Å². The Bertz CT molecular complexity index is 1040. The maximum absolute atomic E-state index is 12.0. The molecule has 3 aromatic rings. The van der Waals surface area contributed by atoms with Gasteiger partial charge in [0.15, 0.2) is 0 Å². The summed E-state index contributed by atoms with van der Waals surface area (Å²) in [5.74, 6) is -0.622. The molecule has 2 amide bonds. The van der Waals surface area contributed by atoms with Crippen LogP contribution in [0.5, 0.6) is 0 Å². The first kappa shape index (κ1) is 18.7. The van der Waals surface area contributed by atoms with E-state index in [0.717, 1.165) is 24.1 Å². The van der Waals surface area contributed by atoms with Gasteiger partial charge >= 0.3 is 0 Å². The van der Waals surface area contributed by atoms with E-state index in [0.29, 0.717) is 24.3 Å². The summed E-state index contributed by atoms with van der Waals surface area (Å²) < 4.78 is 3.52. The number of rotatable bonds is 5. The number of hydrogen-bond acceptors (Lipinski definition) is 4. The molecule has 2 aromatic heterocycles. The van der Waals surface area contributed by atoms with Gasteiger partial charge in [0, 0.05) is 37.2 Å². The number of carbonyl (C=O) groups is 2. The first-order chi connectivity index (χ1) is 14.1. The van der Waals surface area contributed by atoms with Crippen LogP contribution in [-0.2, 0) is 4.79 Å². The number of carbonyl (C=O) groups excluding carboxylic acids is 2. The van der Waals surface area contributed by atoms with Gasteiger partial charge in [0.05, 0.1) is 17.3 Å². The van der Waals surface area contributed by atoms with E-state index >= 15 is 0 Å². The van der Waals surface area contributed by atoms with Crippen molar-refractivity contribution in [1.29, 1.82) is 0 Å². The molecule has 2 N–H and O–H groups in total. The summed E-state index contributed by atoms with van der Waals surface area (Å²) in [5.41, 5.74) is 8.22. The average Bonchev–Trinajstić information content (AvgIpc) is 3.44. The molecule has 0 saturated carbocycles. The standard InChI is InChI=1S/C21H22N6O2/c1-2-19(28)25-11-3-5-17(13-25)27-14-18(21(22)29)20(24-27)15-6-8-16(9-7-15)26-12-4-10-23-26/h2,4,6-10,12,14,17H,1,3,5,11,13H2,(H2,22,29)/t17-/m1/s1. The van der Waals surface area contributed by atoms with E-state index < -0.39 is 5.91 Å². The number of primary amides is 1. The van der Waals surface area contributed by atoms with E-state index in [2.05, 4.69) is 16.8 Å². The van der Waals surface area contributed by atoms with E-state index in [9.17, 15) is 9.59 Å². The summed E-state index contributed by atoms with van der Waals surface area (Å²) in [4.78, 5) is 25.8. The van der Waals surface area contributed by atoms with Crippen LogP contribution in [0.15, 0.2) is 61.6 Å². The van der Waals surface area contributed by atoms with Crippen molar-refractivity contribution in [3.8, 4) is 16.9 Å². The van der Waals surface area contributed by atoms with Crippen molar-refractivity contribution in [2.75, 3.05) is 13.1 Å². The van der Waals surface area contributed by atoms with Gasteiger partial charge in [0.2, 0.25) is 5.91 Å². The highest BCUT2D eigenvalue weighted by Crippen LogP contribution is 2.27. The van der Waals surface area contributed by atoms with Crippen LogP contribution in [0.3, 0.4) is 0 Å². The molecule has 0 bridgehead atoms. The lowest BCUT2D eigenvalue weighted by molar-refractivity contribution is -0.127. The molecule has 1 aromatic carbocycles. The number of aromatic nitrogens is 4. The fourth-order valence-corrected chi connectivity index (χ4v) is 3.67. The first-order valence-corrected chi connectivity index (χ1v) is 9.47. The van der Waals surface area contributed by atoms with Crippen molar-refractivity contribution < 1.29 is 9.59 Å². The Morgan fingerprint density at radius 2 is 2.03 bits per heavy atom. The molecule has 148 valence electrons. The molecule has 8 nitrogen and oxygen atoms in total. The lowest BCUT2D eigenvalue weighted by Gasteiger charge is -2.32. The van der Waals surface area contributed by atoms with Crippen molar-refractivity contribution in [3.05, 3.63) is 67.1 Å². The van der Waals surface area contributed by atoms with Gasteiger partial charge in [-0.2, -0.15) is 10.2 Å². The van der Waals surface area contributed by atoms with Gasteiger partial charge in [-0.15, -0.1) is 0 Å². The normalized spacial score (nSPS) is 16.6. The average molecular weight is 390 g/mol. The minimum Gasteiger partial charge on any atom is -0.365 e. The third-order valence-electron chi connectivity index (χ3n) is 5.16. The summed E-state index contributed by atoms with van der Waals surface area (Å²) in [6.07, 6.45) is 8.32. The highest BCUT2D eigenvalue weighted by Gasteiger charge is 2.26. The molecule has 1 aliphatic rings. The molecular weight excluding hydrogens is 368 g/mol. The molecule has 1 atom stereocenters. The van der Waals surface area contributed by atoms with Gasteiger partial charge in [0.1, 0.15) is 5.69 Å². The lowest BCUT2D eigenvalue weighted by atomic mass is 10.1. The summed E-state index contributed by atoms with van der Waals surface area (Å²) in [7, 11) is 0. The largest absolute Gasteiger partial charge is 0.365 e. The van der Waals surface area contributed by atoms with Crippen LogP contribution in [0, 0.1) is 0 Å². The monoisotopic (exact) mass is 390 g/mol. The van der Waals surface area contributed by atoms with E-state index in [4.69, 9.17) is 5.73 Å². The molecule has 4 rings (SSSR count). The lowest BCUT2D eigenvalue weighted by Crippen LogP contribution is -2.40. The van der Waals surface area contributed by atoms with Crippen LogP contribution in [0.2, 0.25) is 0 Å². The topological polar surface area (TPSA) is 99.0 Å². The molecule has 29 heavy (non-hydrogen) atoms. The molecule has 0 radical (unpaired) electrons. The number of hydrogen-bond donors (Lipinski definition) is 1. The Morgan fingerprint density at radius 3 is 2.69 bits per heavy atom. The molecular formula is C21H22N6O2. The Hall–Kier alpha value is -3.68. The fourth-order valence-electron chi connectivity index (χ4n) is 3.67. The number of likely N-dealkylation sites (tertiary alicyclic amines) is 1. The van der Waals surface area contributed by atoms with Crippen LogP contribution in [0.1, 0.15) is 29.2 Å². The number of amides is 2. The van der Waals surface area contributed by atoms with Crippen LogP contribution in [-0.4, -0.2) is 49.4 Å². The zero-order valence-corrected chi connectivity index (χ0v) is 15.9. The highest BCUT2D eigenvalue weighted by molar-refractivity contribution is 5.98. The number of benzene rings is 1. The Morgan fingerprint density at radius 1 is 1.24 bits per heavy atom. The van der Waals surface area contributed by atoms with E-state index in [-0.39, 0.29) is 11.9 Å². The summed E-state index contributed by atoms with van der Waals surface area (Å²) in [6, 6.07) is 9.46. The molecule has 1 aliphatic heterocycles. The van der Waals surface area contributed by atoms with Crippen LogP contribution in [0.25, 0.3) is 16.9 Å². The van der Waals surface area contributed by atoms with Crippen molar-refractivity contribution in [2.45, 2.75) is 18.9 Å². The maximum Gasteiger partial charge on any atom is 0.252 e. The van der Waals surface area contributed by atoms with Crippen molar-refractivity contribution in [2.24, 2.45) is 5.73 Å². The van der Waals surface area contributed by atoms with Crippen LogP contribution >= 0.6 is 0 Å². The third kappa shape index (κ3) is 3.69. The smallest absolute Gasteiger partial charge is 0.252 e. The Labute approximate surface area is 168 Å². The zero-order valence-electron chi connectivity index (χ0n) is 15.9. The minimum atomic E-state index is -0.530. The SMILES string of the molecule is C=CC(=O)N1CCC[C@@H](n2cc(C(N)=O)c(-c3ccc(-n4cccn4)cc3)n2)C1. The second-order valence-corrected chi connectivity index (χ2v) is 7.02. The van der Waals surface area contributed by atoms with Gasteiger partial charge in [-0.1, -0.05) is 18.7 Å². The Balaban J connectivity index is 1.64. The minimum absolute atomic E-state index is 0.0113. The molecule has 1 fully saturated rings. The van der Waals surface area contributed by atoms with Gasteiger partial charge in [-0.25, -0.2) is 4.68 Å². The van der Waals surface area contributed by atoms with Crippen molar-refractivity contribution >= 4 is 11.8 Å². The summed E-state index contributed by atoms with van der Waals surface area (Å²) >= 11 is 0. The van der Waals surface area contributed by atoms with E-state index in [1.165, 1.54) is 6.08 Å². The van der Waals surface area contributed by atoms with Crippen molar-refractivity contribution in [1.82, 2.24) is 24.5 Å². The van der Waals surface area contributed by atoms with Gasteiger partial charge < -0.3 is 10.6 Å². The molecule has 1 saturated heterocycles. The second kappa shape index (κ2) is 7.75. The van der Waals surface area contributed by atoms with E-state index in [1.54, 1.807) is 26.7 Å². The highest BCUT2D eigenvalue weighted by atomic mass is 16.2. The van der Waals surface area contributed by atoms with Crippen LogP contribution < -0.4 is 5.73 Å². The second-order valence-electron chi connectivity index (χ2n) is 7.02. The molecule has 0 aliphatic carbocycles. The molecule has 8 heteroatoms. The number of nitrogens with zero attached hydrogens (tertiary/aromatic N) is 5. The number of piperidine rings is 1. The Kier molecular flexibility index (Phi) is 4.99. The third-order valence-corrected chi connectivity index (χ3v) is 5.16.